The fraction of sp³-hybridized carbons (Fsp3) is 0.636. The molecular formula is C11H21N3O2S2. The fourth-order valence-corrected chi connectivity index (χ4v) is 3.08. The van der Waals surface area contributed by atoms with Crippen molar-refractivity contribution in [2.45, 2.75) is 18.4 Å². The van der Waals surface area contributed by atoms with E-state index in [2.05, 4.69) is 10.0 Å². The lowest BCUT2D eigenvalue weighted by Gasteiger charge is -2.02. The monoisotopic (exact) mass is 291 g/mol. The fourth-order valence-electron chi connectivity index (χ4n) is 1.51. The summed E-state index contributed by atoms with van der Waals surface area (Å²) in [6, 6.07) is 1.71. The zero-order valence-corrected chi connectivity index (χ0v) is 12.7. The van der Waals surface area contributed by atoms with Gasteiger partial charge in [-0.1, -0.05) is 6.92 Å². The SMILES string of the molecule is CCNCc1cc(S(=O)(=O)NCCSC)cn1C. The van der Waals surface area contributed by atoms with Gasteiger partial charge in [-0.15, -0.1) is 0 Å². The molecule has 18 heavy (non-hydrogen) atoms. The minimum Gasteiger partial charge on any atom is -0.352 e. The van der Waals surface area contributed by atoms with Crippen molar-refractivity contribution >= 4 is 21.8 Å². The lowest BCUT2D eigenvalue weighted by atomic mass is 10.4. The Labute approximate surface area is 113 Å². The third-order valence-electron chi connectivity index (χ3n) is 2.55. The van der Waals surface area contributed by atoms with E-state index in [1.165, 1.54) is 0 Å². The summed E-state index contributed by atoms with van der Waals surface area (Å²) in [7, 11) is -1.52. The van der Waals surface area contributed by atoms with Gasteiger partial charge in [0.15, 0.2) is 0 Å². The van der Waals surface area contributed by atoms with Gasteiger partial charge >= 0.3 is 0 Å². The van der Waals surface area contributed by atoms with Crippen molar-refractivity contribution in [1.29, 1.82) is 0 Å². The first-order chi connectivity index (χ1) is 8.51. The third-order valence-corrected chi connectivity index (χ3v) is 4.59. The first-order valence-electron chi connectivity index (χ1n) is 5.85. The number of hydrogen-bond donors (Lipinski definition) is 2. The van der Waals surface area contributed by atoms with Crippen LogP contribution in [0, 0.1) is 0 Å². The molecule has 1 rings (SSSR count). The molecule has 0 unspecified atom stereocenters. The van der Waals surface area contributed by atoms with E-state index in [0.717, 1.165) is 18.0 Å². The van der Waals surface area contributed by atoms with Crippen molar-refractivity contribution < 1.29 is 8.42 Å². The Morgan fingerprint density at radius 1 is 1.44 bits per heavy atom. The summed E-state index contributed by atoms with van der Waals surface area (Å²) in [5.74, 6) is 0.774. The normalized spacial score (nSPS) is 11.9. The number of nitrogens with one attached hydrogen (secondary N) is 2. The van der Waals surface area contributed by atoms with E-state index in [4.69, 9.17) is 0 Å². The Morgan fingerprint density at radius 3 is 2.78 bits per heavy atom. The van der Waals surface area contributed by atoms with Crippen LogP contribution in [-0.4, -0.2) is 38.1 Å². The highest BCUT2D eigenvalue weighted by atomic mass is 32.2. The van der Waals surface area contributed by atoms with Crippen LogP contribution in [0.2, 0.25) is 0 Å². The molecule has 0 saturated carbocycles. The molecule has 0 spiro atoms. The lowest BCUT2D eigenvalue weighted by molar-refractivity contribution is 0.584. The molecule has 0 fully saturated rings. The van der Waals surface area contributed by atoms with Gasteiger partial charge in [0.25, 0.3) is 0 Å². The number of sulfonamides is 1. The molecule has 104 valence electrons. The van der Waals surface area contributed by atoms with Crippen molar-refractivity contribution in [3.63, 3.8) is 0 Å². The van der Waals surface area contributed by atoms with Gasteiger partial charge in [0.05, 0.1) is 4.90 Å². The first-order valence-corrected chi connectivity index (χ1v) is 8.73. The van der Waals surface area contributed by atoms with Gasteiger partial charge in [-0.3, -0.25) is 0 Å². The minimum absolute atomic E-state index is 0.332. The number of aryl methyl sites for hydroxylation is 1. The Balaban J connectivity index is 2.76. The standard InChI is InChI=1S/C11H21N3O2S2/c1-4-12-8-10-7-11(9-14(10)2)18(15,16)13-5-6-17-3/h7,9,12-13H,4-6,8H2,1-3H3. The van der Waals surface area contributed by atoms with Crippen LogP contribution in [0.4, 0.5) is 0 Å². The van der Waals surface area contributed by atoms with E-state index in [-0.39, 0.29) is 0 Å². The first kappa shape index (κ1) is 15.6. The molecule has 1 aromatic heterocycles. The molecular weight excluding hydrogens is 270 g/mol. The van der Waals surface area contributed by atoms with Crippen LogP contribution in [0.3, 0.4) is 0 Å². The summed E-state index contributed by atoms with van der Waals surface area (Å²) in [6.07, 6.45) is 3.60. The molecule has 0 radical (unpaired) electrons. The molecule has 0 bridgehead atoms. The highest BCUT2D eigenvalue weighted by molar-refractivity contribution is 7.98. The van der Waals surface area contributed by atoms with Gasteiger partial charge < -0.3 is 9.88 Å². The molecule has 5 nitrogen and oxygen atoms in total. The van der Waals surface area contributed by atoms with Crippen molar-refractivity contribution in [3.05, 3.63) is 18.0 Å². The summed E-state index contributed by atoms with van der Waals surface area (Å²) in [5.41, 5.74) is 0.960. The van der Waals surface area contributed by atoms with E-state index in [1.807, 2.05) is 24.8 Å². The lowest BCUT2D eigenvalue weighted by Crippen LogP contribution is -2.25. The molecule has 0 amide bonds. The molecule has 1 aromatic rings. The van der Waals surface area contributed by atoms with Crippen LogP contribution in [0.5, 0.6) is 0 Å². The number of nitrogens with zero attached hydrogens (tertiary/aromatic N) is 1. The maximum absolute atomic E-state index is 12.0. The number of rotatable bonds is 8. The third kappa shape index (κ3) is 4.31. The van der Waals surface area contributed by atoms with Gasteiger partial charge in [-0.2, -0.15) is 11.8 Å². The van der Waals surface area contributed by atoms with Crippen molar-refractivity contribution in [2.24, 2.45) is 7.05 Å². The van der Waals surface area contributed by atoms with Crippen LogP contribution in [0.1, 0.15) is 12.6 Å². The second kappa shape index (κ2) is 7.18. The van der Waals surface area contributed by atoms with Crippen LogP contribution in [0.25, 0.3) is 0 Å². The smallest absolute Gasteiger partial charge is 0.242 e. The largest absolute Gasteiger partial charge is 0.352 e. The highest BCUT2D eigenvalue weighted by Crippen LogP contribution is 2.13. The second-order valence-corrected chi connectivity index (χ2v) is 6.70. The van der Waals surface area contributed by atoms with Gasteiger partial charge in [-0.05, 0) is 18.9 Å². The van der Waals surface area contributed by atoms with E-state index < -0.39 is 10.0 Å². The predicted octanol–water partition coefficient (Wildman–Crippen LogP) is 0.776. The van der Waals surface area contributed by atoms with Gasteiger partial charge in [0.1, 0.15) is 0 Å². The highest BCUT2D eigenvalue weighted by Gasteiger charge is 2.16. The van der Waals surface area contributed by atoms with Crippen LogP contribution >= 0.6 is 11.8 Å². The molecule has 0 atom stereocenters. The van der Waals surface area contributed by atoms with E-state index in [1.54, 1.807) is 24.0 Å². The molecule has 2 N–H and O–H groups in total. The molecule has 0 aliphatic heterocycles. The van der Waals surface area contributed by atoms with Crippen molar-refractivity contribution in [2.75, 3.05) is 25.1 Å². The van der Waals surface area contributed by atoms with E-state index >= 15 is 0 Å². The number of hydrogen-bond acceptors (Lipinski definition) is 4. The number of thioether (sulfide) groups is 1. The van der Waals surface area contributed by atoms with Crippen LogP contribution in [0.15, 0.2) is 17.2 Å². The van der Waals surface area contributed by atoms with E-state index in [0.29, 0.717) is 18.0 Å². The summed E-state index contributed by atoms with van der Waals surface area (Å²) in [6.45, 7) is 4.01. The van der Waals surface area contributed by atoms with Crippen LogP contribution < -0.4 is 10.0 Å². The Morgan fingerprint density at radius 2 is 2.17 bits per heavy atom. The Bertz CT molecular complexity index is 469. The topological polar surface area (TPSA) is 63.1 Å². The van der Waals surface area contributed by atoms with Crippen molar-refractivity contribution in [3.8, 4) is 0 Å². The minimum atomic E-state index is -3.37. The molecule has 1 heterocycles. The molecule has 7 heteroatoms. The quantitative estimate of drug-likeness (QED) is 0.695. The van der Waals surface area contributed by atoms with Crippen LogP contribution in [-0.2, 0) is 23.6 Å². The molecule has 0 aliphatic rings. The maximum Gasteiger partial charge on any atom is 0.242 e. The Kier molecular flexibility index (Phi) is 6.20. The molecule has 0 aromatic carbocycles. The van der Waals surface area contributed by atoms with Gasteiger partial charge in [0, 0.05) is 37.8 Å². The summed E-state index contributed by atoms with van der Waals surface area (Å²) in [4.78, 5) is 0.332. The summed E-state index contributed by atoms with van der Waals surface area (Å²) >= 11 is 1.61. The van der Waals surface area contributed by atoms with E-state index in [9.17, 15) is 8.42 Å². The van der Waals surface area contributed by atoms with Gasteiger partial charge in [0.2, 0.25) is 10.0 Å². The summed E-state index contributed by atoms with van der Waals surface area (Å²) in [5, 5.41) is 3.18. The zero-order valence-electron chi connectivity index (χ0n) is 11.1. The average molecular weight is 291 g/mol. The van der Waals surface area contributed by atoms with Gasteiger partial charge in [-0.25, -0.2) is 13.1 Å². The predicted molar refractivity (Wildman–Crippen MR) is 76.4 cm³/mol. The molecule has 0 aliphatic carbocycles. The Hall–Kier alpha value is -0.500. The average Bonchev–Trinajstić information content (AvgIpc) is 2.69. The van der Waals surface area contributed by atoms with Crippen molar-refractivity contribution in [1.82, 2.24) is 14.6 Å². The summed E-state index contributed by atoms with van der Waals surface area (Å²) < 4.78 is 28.4. The maximum atomic E-state index is 12.0. The zero-order chi connectivity index (χ0) is 13.6. The second-order valence-electron chi connectivity index (χ2n) is 3.95. The number of aromatic nitrogens is 1. The molecule has 0 saturated heterocycles.